The minimum Gasteiger partial charge on any atom is -0.488 e. The molecule has 5 nitrogen and oxygen atoms in total. The number of aliphatic hydroxyl groups excluding tert-OH is 2. The predicted molar refractivity (Wildman–Crippen MR) is 40.6 cm³/mol. The number of ether oxygens (including phenoxy) is 1. The second-order valence-electron chi connectivity index (χ2n) is 2.22. The Morgan fingerprint density at radius 1 is 1.42 bits per heavy atom. The Morgan fingerprint density at radius 2 is 2.08 bits per heavy atom. The summed E-state index contributed by atoms with van der Waals surface area (Å²) in [6.07, 6.45) is 3.49. The maximum atomic E-state index is 8.90. The van der Waals surface area contributed by atoms with E-state index in [0.29, 0.717) is 5.75 Å². The lowest BCUT2D eigenvalue weighted by molar-refractivity contribution is 0.0533. The molecule has 1 heterocycles. The second kappa shape index (κ2) is 4.63. The fraction of sp³-hybridized carbons (Fsp3) is 0.429. The van der Waals surface area contributed by atoms with Gasteiger partial charge in [0.1, 0.15) is 19.0 Å². The van der Waals surface area contributed by atoms with Crippen molar-refractivity contribution in [1.82, 2.24) is 9.97 Å². The summed E-state index contributed by atoms with van der Waals surface area (Å²) in [4.78, 5) is 7.42. The summed E-state index contributed by atoms with van der Waals surface area (Å²) in [6.45, 7) is -0.266. The van der Waals surface area contributed by atoms with E-state index in [1.54, 1.807) is 0 Å². The van der Waals surface area contributed by atoms with Gasteiger partial charge >= 0.3 is 0 Å². The van der Waals surface area contributed by atoms with Crippen LogP contribution in [0.4, 0.5) is 0 Å². The molecular formula is C7H10N2O3. The highest BCUT2D eigenvalue weighted by Crippen LogP contribution is 2.03. The quantitative estimate of drug-likeness (QED) is 0.619. The smallest absolute Gasteiger partial charge is 0.156 e. The monoisotopic (exact) mass is 170 g/mol. The van der Waals surface area contributed by atoms with Crippen LogP contribution in [0, 0.1) is 0 Å². The first-order valence-corrected chi connectivity index (χ1v) is 3.49. The topological polar surface area (TPSA) is 75.5 Å². The van der Waals surface area contributed by atoms with Gasteiger partial charge in [-0.1, -0.05) is 0 Å². The molecule has 0 aliphatic carbocycles. The Hall–Kier alpha value is -1.20. The van der Waals surface area contributed by atoms with Crippen molar-refractivity contribution in [2.45, 2.75) is 6.10 Å². The fourth-order valence-electron chi connectivity index (χ4n) is 0.605. The van der Waals surface area contributed by atoms with Gasteiger partial charge in [-0.3, -0.25) is 0 Å². The zero-order valence-corrected chi connectivity index (χ0v) is 6.42. The van der Waals surface area contributed by atoms with Crippen LogP contribution in [-0.4, -0.2) is 39.5 Å². The van der Waals surface area contributed by atoms with Crippen molar-refractivity contribution < 1.29 is 14.9 Å². The minimum absolute atomic E-state index is 0.0455. The molecule has 0 saturated heterocycles. The summed E-state index contributed by atoms with van der Waals surface area (Å²) in [5, 5.41) is 17.4. The van der Waals surface area contributed by atoms with Crippen molar-refractivity contribution in [3.05, 3.63) is 18.7 Å². The molecule has 0 fully saturated rings. The molecule has 0 unspecified atom stereocenters. The lowest BCUT2D eigenvalue weighted by Crippen LogP contribution is -2.21. The van der Waals surface area contributed by atoms with Gasteiger partial charge < -0.3 is 14.9 Å². The molecule has 0 saturated carbocycles. The Kier molecular flexibility index (Phi) is 3.43. The van der Waals surface area contributed by atoms with Crippen LogP contribution in [0.15, 0.2) is 18.7 Å². The Morgan fingerprint density at radius 3 is 2.67 bits per heavy atom. The first kappa shape index (κ1) is 8.89. The Balaban J connectivity index is 2.33. The number of aliphatic hydroxyl groups is 2. The van der Waals surface area contributed by atoms with Crippen molar-refractivity contribution in [3.63, 3.8) is 0 Å². The van der Waals surface area contributed by atoms with Gasteiger partial charge in [-0.15, -0.1) is 0 Å². The third-order valence-corrected chi connectivity index (χ3v) is 1.19. The first-order valence-electron chi connectivity index (χ1n) is 3.49. The minimum atomic E-state index is -0.856. The van der Waals surface area contributed by atoms with Gasteiger partial charge in [0, 0.05) is 0 Å². The molecule has 1 atom stereocenters. The lowest BCUT2D eigenvalue weighted by atomic mass is 10.4. The zero-order valence-electron chi connectivity index (χ0n) is 6.42. The molecule has 2 N–H and O–H groups in total. The van der Waals surface area contributed by atoms with Crippen LogP contribution >= 0.6 is 0 Å². The van der Waals surface area contributed by atoms with Gasteiger partial charge in [-0.2, -0.15) is 0 Å². The standard InChI is InChI=1S/C7H10N2O3/c10-3-6(11)4-12-7-1-8-5-9-2-7/h1-2,5-6,10-11H,3-4H2/t6-/m0/s1. The highest BCUT2D eigenvalue weighted by molar-refractivity contribution is 5.09. The maximum Gasteiger partial charge on any atom is 0.156 e. The summed E-state index contributed by atoms with van der Waals surface area (Å²) < 4.78 is 5.02. The normalized spacial score (nSPS) is 12.5. The van der Waals surface area contributed by atoms with E-state index in [0.717, 1.165) is 0 Å². The van der Waals surface area contributed by atoms with E-state index in [9.17, 15) is 0 Å². The van der Waals surface area contributed by atoms with E-state index in [-0.39, 0.29) is 13.2 Å². The van der Waals surface area contributed by atoms with Crippen LogP contribution in [0.2, 0.25) is 0 Å². The fourth-order valence-corrected chi connectivity index (χ4v) is 0.605. The van der Waals surface area contributed by atoms with Crippen LogP contribution in [0.1, 0.15) is 0 Å². The van der Waals surface area contributed by atoms with Crippen molar-refractivity contribution in [2.24, 2.45) is 0 Å². The summed E-state index contributed by atoms with van der Waals surface area (Å²) in [5.74, 6) is 0.477. The van der Waals surface area contributed by atoms with Crippen molar-refractivity contribution in [1.29, 1.82) is 0 Å². The summed E-state index contributed by atoms with van der Waals surface area (Å²) in [5.41, 5.74) is 0. The summed E-state index contributed by atoms with van der Waals surface area (Å²) in [6, 6.07) is 0. The van der Waals surface area contributed by atoms with E-state index in [2.05, 4.69) is 9.97 Å². The molecule has 1 aromatic rings. The largest absolute Gasteiger partial charge is 0.488 e. The first-order chi connectivity index (χ1) is 5.83. The Labute approximate surface area is 69.7 Å². The van der Waals surface area contributed by atoms with Crippen molar-refractivity contribution >= 4 is 0 Å². The van der Waals surface area contributed by atoms with Gasteiger partial charge in [-0.05, 0) is 0 Å². The van der Waals surface area contributed by atoms with E-state index in [1.165, 1.54) is 18.7 Å². The number of hydrogen-bond acceptors (Lipinski definition) is 5. The van der Waals surface area contributed by atoms with Gasteiger partial charge in [0.2, 0.25) is 0 Å². The van der Waals surface area contributed by atoms with Crippen LogP contribution in [0.25, 0.3) is 0 Å². The van der Waals surface area contributed by atoms with Crippen molar-refractivity contribution in [2.75, 3.05) is 13.2 Å². The highest BCUT2D eigenvalue weighted by atomic mass is 16.5. The molecule has 0 amide bonds. The second-order valence-corrected chi connectivity index (χ2v) is 2.22. The molecule has 0 aromatic carbocycles. The Bertz CT molecular complexity index is 217. The third kappa shape index (κ3) is 2.81. The molecule has 0 aliphatic rings. The number of hydrogen-bond donors (Lipinski definition) is 2. The molecule has 0 aliphatic heterocycles. The number of aromatic nitrogens is 2. The lowest BCUT2D eigenvalue weighted by Gasteiger charge is -2.08. The average Bonchev–Trinajstić information content (AvgIpc) is 2.16. The number of rotatable bonds is 4. The molecule has 12 heavy (non-hydrogen) atoms. The van der Waals surface area contributed by atoms with Crippen LogP contribution in [-0.2, 0) is 0 Å². The molecule has 1 aromatic heterocycles. The maximum absolute atomic E-state index is 8.90. The van der Waals surface area contributed by atoms with Crippen LogP contribution in [0.3, 0.4) is 0 Å². The average molecular weight is 170 g/mol. The zero-order chi connectivity index (χ0) is 8.81. The van der Waals surface area contributed by atoms with E-state index < -0.39 is 6.10 Å². The SMILES string of the molecule is OC[C@H](O)COc1cncnc1. The van der Waals surface area contributed by atoms with Gasteiger partial charge in [-0.25, -0.2) is 9.97 Å². The van der Waals surface area contributed by atoms with E-state index >= 15 is 0 Å². The van der Waals surface area contributed by atoms with Crippen molar-refractivity contribution in [3.8, 4) is 5.75 Å². The number of nitrogens with zero attached hydrogens (tertiary/aromatic N) is 2. The molecular weight excluding hydrogens is 160 g/mol. The van der Waals surface area contributed by atoms with Crippen LogP contribution in [0.5, 0.6) is 5.75 Å². The molecule has 0 bridgehead atoms. The predicted octanol–water partition coefficient (Wildman–Crippen LogP) is -0.791. The van der Waals surface area contributed by atoms with Crippen LogP contribution < -0.4 is 4.74 Å². The molecule has 5 heteroatoms. The third-order valence-electron chi connectivity index (χ3n) is 1.19. The van der Waals surface area contributed by atoms with E-state index in [1.807, 2.05) is 0 Å². The van der Waals surface area contributed by atoms with Gasteiger partial charge in [0.25, 0.3) is 0 Å². The molecule has 0 radical (unpaired) electrons. The summed E-state index contributed by atoms with van der Waals surface area (Å²) >= 11 is 0. The van der Waals surface area contributed by atoms with E-state index in [4.69, 9.17) is 14.9 Å². The van der Waals surface area contributed by atoms with Gasteiger partial charge in [0.15, 0.2) is 5.75 Å². The molecule has 66 valence electrons. The molecule has 1 rings (SSSR count). The highest BCUT2D eigenvalue weighted by Gasteiger charge is 2.02. The summed E-state index contributed by atoms with van der Waals surface area (Å²) in [7, 11) is 0. The van der Waals surface area contributed by atoms with Gasteiger partial charge in [0.05, 0.1) is 19.0 Å². The molecule has 0 spiro atoms.